The molecule has 1 heterocycles. The van der Waals surface area contributed by atoms with Gasteiger partial charge in [0.2, 0.25) is 0 Å². The summed E-state index contributed by atoms with van der Waals surface area (Å²) in [4.78, 5) is 23.9. The van der Waals surface area contributed by atoms with Gasteiger partial charge in [0.1, 0.15) is 5.75 Å². The molecule has 0 spiro atoms. The zero-order valence-corrected chi connectivity index (χ0v) is 12.6. The fraction of sp³-hybridized carbons (Fsp3) is 0.294. The van der Waals surface area contributed by atoms with Gasteiger partial charge in [-0.1, -0.05) is 12.1 Å². The Morgan fingerprint density at radius 2 is 1.86 bits per heavy atom. The summed E-state index contributed by atoms with van der Waals surface area (Å²) < 4.78 is 7.23. The third-order valence-electron chi connectivity index (χ3n) is 3.33. The summed E-state index contributed by atoms with van der Waals surface area (Å²) >= 11 is 0. The van der Waals surface area contributed by atoms with Crippen LogP contribution >= 0.6 is 0 Å². The van der Waals surface area contributed by atoms with Gasteiger partial charge >= 0.3 is 0 Å². The van der Waals surface area contributed by atoms with Crippen LogP contribution in [0.1, 0.15) is 31.1 Å². The number of hydrogen-bond donors (Lipinski definition) is 0. The number of ketones is 1. The van der Waals surface area contributed by atoms with E-state index in [1.165, 1.54) is 6.92 Å². The van der Waals surface area contributed by atoms with Crippen molar-refractivity contribution in [1.82, 2.24) is 4.57 Å². The zero-order chi connectivity index (χ0) is 15.4. The van der Waals surface area contributed by atoms with Gasteiger partial charge in [-0.2, -0.15) is 0 Å². The van der Waals surface area contributed by atoms with E-state index < -0.39 is 0 Å². The highest BCUT2D eigenvalue weighted by Crippen LogP contribution is 2.29. The quantitative estimate of drug-likeness (QED) is 0.793. The summed E-state index contributed by atoms with van der Waals surface area (Å²) in [5, 5.41) is 0. The number of pyridine rings is 1. The molecule has 4 nitrogen and oxygen atoms in total. The lowest BCUT2D eigenvalue weighted by atomic mass is 10.1. The molecule has 0 radical (unpaired) electrons. The van der Waals surface area contributed by atoms with Crippen LogP contribution in [0.2, 0.25) is 0 Å². The highest BCUT2D eigenvalue weighted by molar-refractivity contribution is 5.94. The molecule has 0 atom stereocenters. The van der Waals surface area contributed by atoms with Crippen LogP contribution in [0.5, 0.6) is 5.75 Å². The molecule has 0 aliphatic carbocycles. The Balaban J connectivity index is 2.68. The first-order valence-corrected chi connectivity index (χ1v) is 7.07. The maximum Gasteiger partial charge on any atom is 0.261 e. The van der Waals surface area contributed by atoms with E-state index in [0.717, 1.165) is 17.0 Å². The van der Waals surface area contributed by atoms with Crippen LogP contribution in [0.15, 0.2) is 41.2 Å². The highest BCUT2D eigenvalue weighted by Gasteiger charge is 2.14. The molecular weight excluding hydrogens is 266 g/mol. The molecule has 0 bridgehead atoms. The van der Waals surface area contributed by atoms with Gasteiger partial charge < -0.3 is 9.30 Å². The molecule has 0 fully saturated rings. The van der Waals surface area contributed by atoms with Gasteiger partial charge in [-0.3, -0.25) is 9.59 Å². The van der Waals surface area contributed by atoms with E-state index >= 15 is 0 Å². The molecule has 1 aromatic heterocycles. The summed E-state index contributed by atoms with van der Waals surface area (Å²) in [6, 6.07) is 11.0. The van der Waals surface area contributed by atoms with Gasteiger partial charge in [0.15, 0.2) is 5.78 Å². The first kappa shape index (κ1) is 15.0. The summed E-state index contributed by atoms with van der Waals surface area (Å²) in [7, 11) is 0. The summed E-state index contributed by atoms with van der Waals surface area (Å²) in [5.41, 5.74) is 1.58. The molecule has 4 heteroatoms. The van der Waals surface area contributed by atoms with E-state index in [9.17, 15) is 9.59 Å². The smallest absolute Gasteiger partial charge is 0.261 e. The van der Waals surface area contributed by atoms with E-state index in [1.54, 1.807) is 16.7 Å². The van der Waals surface area contributed by atoms with Gasteiger partial charge in [0, 0.05) is 12.1 Å². The van der Waals surface area contributed by atoms with Crippen molar-refractivity contribution in [3.63, 3.8) is 0 Å². The molecule has 21 heavy (non-hydrogen) atoms. The second-order valence-electron chi connectivity index (χ2n) is 4.67. The molecular formula is C17H19NO3. The molecule has 0 N–H and O–H groups in total. The number of Topliss-reactive ketones (excluding diaryl/α,β-unsaturated/α-hetero) is 1. The van der Waals surface area contributed by atoms with Crippen molar-refractivity contribution in [3.05, 3.63) is 52.3 Å². The van der Waals surface area contributed by atoms with Crippen LogP contribution in [0.3, 0.4) is 0 Å². The Morgan fingerprint density at radius 1 is 1.14 bits per heavy atom. The number of carbonyl (C=O) groups is 1. The third kappa shape index (κ3) is 2.89. The van der Waals surface area contributed by atoms with Crippen molar-refractivity contribution in [3.8, 4) is 17.0 Å². The van der Waals surface area contributed by atoms with Crippen LogP contribution in [0, 0.1) is 0 Å². The summed E-state index contributed by atoms with van der Waals surface area (Å²) in [6.45, 7) is 6.26. The second kappa shape index (κ2) is 6.39. The molecule has 2 rings (SSSR count). The Labute approximate surface area is 124 Å². The fourth-order valence-corrected chi connectivity index (χ4v) is 2.36. The van der Waals surface area contributed by atoms with Crippen molar-refractivity contribution < 1.29 is 9.53 Å². The van der Waals surface area contributed by atoms with E-state index in [2.05, 4.69) is 0 Å². The number of para-hydroxylation sites is 1. The SMILES string of the molecule is CCOc1ccccc1-c1ccc(C(C)=O)c(=O)n1CC. The van der Waals surface area contributed by atoms with E-state index in [0.29, 0.717) is 13.2 Å². The van der Waals surface area contributed by atoms with Crippen LogP contribution in [-0.4, -0.2) is 17.0 Å². The number of hydrogen-bond acceptors (Lipinski definition) is 3. The molecule has 2 aromatic rings. The first-order chi connectivity index (χ1) is 10.1. The Kier molecular flexibility index (Phi) is 4.58. The lowest BCUT2D eigenvalue weighted by Gasteiger charge is -2.15. The minimum absolute atomic E-state index is 0.216. The fourth-order valence-electron chi connectivity index (χ4n) is 2.36. The van der Waals surface area contributed by atoms with Crippen LogP contribution in [0.4, 0.5) is 0 Å². The Bertz CT molecular complexity index is 716. The Hall–Kier alpha value is -2.36. The van der Waals surface area contributed by atoms with Crippen LogP contribution < -0.4 is 10.3 Å². The van der Waals surface area contributed by atoms with Crippen molar-refractivity contribution >= 4 is 5.78 Å². The number of nitrogens with zero attached hydrogens (tertiary/aromatic N) is 1. The minimum Gasteiger partial charge on any atom is -0.493 e. The molecule has 0 saturated carbocycles. The highest BCUT2D eigenvalue weighted by atomic mass is 16.5. The summed E-state index contributed by atoms with van der Waals surface area (Å²) in [5.74, 6) is 0.518. The van der Waals surface area contributed by atoms with E-state index in [-0.39, 0.29) is 16.9 Å². The number of ether oxygens (including phenoxy) is 1. The molecule has 1 aromatic carbocycles. The molecule has 0 aliphatic rings. The van der Waals surface area contributed by atoms with Gasteiger partial charge in [0.05, 0.1) is 17.9 Å². The molecule has 0 unspecified atom stereocenters. The lowest BCUT2D eigenvalue weighted by Crippen LogP contribution is -2.26. The van der Waals surface area contributed by atoms with Gasteiger partial charge in [-0.15, -0.1) is 0 Å². The predicted molar refractivity (Wildman–Crippen MR) is 83.0 cm³/mol. The van der Waals surface area contributed by atoms with Crippen molar-refractivity contribution in [2.24, 2.45) is 0 Å². The van der Waals surface area contributed by atoms with Gasteiger partial charge in [-0.05, 0) is 45.0 Å². The molecule has 0 amide bonds. The first-order valence-electron chi connectivity index (χ1n) is 7.07. The monoisotopic (exact) mass is 285 g/mol. The van der Waals surface area contributed by atoms with Gasteiger partial charge in [-0.25, -0.2) is 0 Å². The predicted octanol–water partition coefficient (Wildman–Crippen LogP) is 3.14. The minimum atomic E-state index is -0.256. The average Bonchev–Trinajstić information content (AvgIpc) is 2.47. The normalized spacial score (nSPS) is 10.4. The Morgan fingerprint density at radius 3 is 2.48 bits per heavy atom. The largest absolute Gasteiger partial charge is 0.493 e. The van der Waals surface area contributed by atoms with Crippen molar-refractivity contribution in [1.29, 1.82) is 0 Å². The number of rotatable bonds is 5. The molecule has 110 valence electrons. The third-order valence-corrected chi connectivity index (χ3v) is 3.33. The zero-order valence-electron chi connectivity index (χ0n) is 12.6. The van der Waals surface area contributed by atoms with Crippen LogP contribution in [0.25, 0.3) is 11.3 Å². The maximum absolute atomic E-state index is 12.4. The molecule has 0 saturated heterocycles. The van der Waals surface area contributed by atoms with Crippen molar-refractivity contribution in [2.45, 2.75) is 27.3 Å². The maximum atomic E-state index is 12.4. The second-order valence-corrected chi connectivity index (χ2v) is 4.67. The van der Waals surface area contributed by atoms with E-state index in [1.807, 2.05) is 38.1 Å². The van der Waals surface area contributed by atoms with Crippen LogP contribution in [-0.2, 0) is 6.54 Å². The van der Waals surface area contributed by atoms with E-state index in [4.69, 9.17) is 4.74 Å². The van der Waals surface area contributed by atoms with Gasteiger partial charge in [0.25, 0.3) is 5.56 Å². The molecule has 0 aliphatic heterocycles. The van der Waals surface area contributed by atoms with Crippen molar-refractivity contribution in [2.75, 3.05) is 6.61 Å². The topological polar surface area (TPSA) is 48.3 Å². The number of aromatic nitrogens is 1. The number of benzene rings is 1. The number of carbonyl (C=O) groups excluding carboxylic acids is 1. The average molecular weight is 285 g/mol. The summed E-state index contributed by atoms with van der Waals surface area (Å²) in [6.07, 6.45) is 0. The standard InChI is InChI=1S/C17H19NO3/c1-4-18-15(11-10-13(12(3)19)17(18)20)14-8-6-7-9-16(14)21-5-2/h6-11H,4-5H2,1-3H3. The lowest BCUT2D eigenvalue weighted by molar-refractivity contribution is 0.101.